The third kappa shape index (κ3) is 5.02. The van der Waals surface area contributed by atoms with Crippen molar-refractivity contribution in [3.8, 4) is 23.0 Å². The first-order valence-electron chi connectivity index (χ1n) is 12.0. The van der Waals surface area contributed by atoms with Gasteiger partial charge in [0.2, 0.25) is 5.91 Å². The molecule has 2 aliphatic rings. The summed E-state index contributed by atoms with van der Waals surface area (Å²) in [5.41, 5.74) is 4.48. The van der Waals surface area contributed by atoms with E-state index < -0.39 is 30.1 Å². The minimum atomic E-state index is -0.913. The maximum Gasteiger partial charge on any atom is 0.407 e. The minimum Gasteiger partial charge on any atom is -0.481 e. The number of alkyl carbamates (subject to hydrolysis) is 1. The average Bonchev–Trinajstić information content (AvgIpc) is 3.18. The molecule has 7 nitrogen and oxygen atoms in total. The van der Waals surface area contributed by atoms with E-state index in [9.17, 15) is 19.5 Å². The van der Waals surface area contributed by atoms with Crippen LogP contribution in [0.3, 0.4) is 0 Å². The van der Waals surface area contributed by atoms with E-state index in [1.54, 1.807) is 18.7 Å². The van der Waals surface area contributed by atoms with Crippen molar-refractivity contribution in [1.29, 1.82) is 0 Å². The Labute approximate surface area is 205 Å². The van der Waals surface area contributed by atoms with Crippen LogP contribution in [-0.2, 0) is 14.3 Å². The van der Waals surface area contributed by atoms with Gasteiger partial charge >= 0.3 is 12.1 Å². The molecule has 0 spiro atoms. The molecule has 7 heteroatoms. The number of amides is 2. The van der Waals surface area contributed by atoms with Crippen molar-refractivity contribution < 1.29 is 24.2 Å². The highest BCUT2D eigenvalue weighted by molar-refractivity contribution is 5.87. The number of benzene rings is 2. The molecule has 0 radical (unpaired) electrons. The fraction of sp³-hybridized carbons (Fsp3) is 0.393. The molecule has 1 heterocycles. The molecule has 0 saturated carbocycles. The number of nitrogens with zero attached hydrogens (tertiary/aromatic N) is 1. The lowest BCUT2D eigenvalue weighted by atomic mass is 9.89. The molecule has 0 bridgehead atoms. The highest BCUT2D eigenvalue weighted by Gasteiger charge is 2.38. The molecular formula is C28H30N2O5. The molecule has 1 unspecified atom stereocenters. The summed E-state index contributed by atoms with van der Waals surface area (Å²) in [6.45, 7) is 4.00. The summed E-state index contributed by atoms with van der Waals surface area (Å²) in [4.78, 5) is 39.2. The van der Waals surface area contributed by atoms with Gasteiger partial charge in [0, 0.05) is 24.9 Å². The number of fused-ring (bicyclic) bond motifs is 3. The maximum atomic E-state index is 13.3. The lowest BCUT2D eigenvalue weighted by Gasteiger charge is -2.39. The fourth-order valence-corrected chi connectivity index (χ4v) is 5.17. The molecule has 35 heavy (non-hydrogen) atoms. The Morgan fingerprint density at radius 3 is 2.34 bits per heavy atom. The molecule has 4 rings (SSSR count). The molecule has 0 aromatic heterocycles. The van der Waals surface area contributed by atoms with Crippen molar-refractivity contribution in [2.45, 2.75) is 51.1 Å². The number of carbonyl (C=O) groups excluding carboxylic acids is 2. The first kappa shape index (κ1) is 24.3. The molecule has 1 fully saturated rings. The molecule has 1 aliphatic heterocycles. The monoisotopic (exact) mass is 474 g/mol. The number of likely N-dealkylation sites (tertiary alicyclic amines) is 1. The highest BCUT2D eigenvalue weighted by Crippen LogP contribution is 2.44. The number of aliphatic carboxylic acids is 1. The third-order valence-corrected chi connectivity index (χ3v) is 7.01. The number of piperidine rings is 1. The summed E-state index contributed by atoms with van der Waals surface area (Å²) in [6.07, 6.45) is 0.562. The van der Waals surface area contributed by atoms with Gasteiger partial charge in [-0.1, -0.05) is 48.5 Å². The Morgan fingerprint density at radius 2 is 1.74 bits per heavy atom. The van der Waals surface area contributed by atoms with Crippen molar-refractivity contribution in [2.24, 2.45) is 5.92 Å². The Hall–Kier alpha value is -3.79. The van der Waals surface area contributed by atoms with Gasteiger partial charge in [-0.3, -0.25) is 9.59 Å². The number of carbonyl (C=O) groups is 3. The molecule has 2 N–H and O–H groups in total. The van der Waals surface area contributed by atoms with Gasteiger partial charge in [-0.15, -0.1) is 11.8 Å². The SMILES string of the molecule is CC#CCC(NC(=O)OCC1c2ccccc2-c2ccccc21)C(=O)N1CCC[C@@H](C(=O)O)[C@H]1C. The van der Waals surface area contributed by atoms with E-state index in [-0.39, 0.29) is 24.9 Å². The summed E-state index contributed by atoms with van der Waals surface area (Å²) in [5, 5.41) is 12.2. The predicted molar refractivity (Wildman–Crippen MR) is 132 cm³/mol. The second-order valence-corrected chi connectivity index (χ2v) is 9.01. The number of ether oxygens (including phenoxy) is 1. The van der Waals surface area contributed by atoms with E-state index in [4.69, 9.17) is 4.74 Å². The topological polar surface area (TPSA) is 95.9 Å². The van der Waals surface area contributed by atoms with Gasteiger partial charge < -0.3 is 20.1 Å². The second kappa shape index (κ2) is 10.6. The van der Waals surface area contributed by atoms with Crippen LogP contribution in [0.15, 0.2) is 48.5 Å². The predicted octanol–water partition coefficient (Wildman–Crippen LogP) is 4.02. The molecule has 2 aromatic carbocycles. The van der Waals surface area contributed by atoms with Crippen molar-refractivity contribution in [3.63, 3.8) is 0 Å². The van der Waals surface area contributed by atoms with Gasteiger partial charge in [0.05, 0.1) is 5.92 Å². The Morgan fingerprint density at radius 1 is 1.11 bits per heavy atom. The van der Waals surface area contributed by atoms with Crippen LogP contribution in [0, 0.1) is 17.8 Å². The van der Waals surface area contributed by atoms with E-state index in [2.05, 4.69) is 29.3 Å². The summed E-state index contributed by atoms with van der Waals surface area (Å²) in [7, 11) is 0. The van der Waals surface area contributed by atoms with Crippen LogP contribution >= 0.6 is 0 Å². The summed E-state index contributed by atoms with van der Waals surface area (Å²) in [6, 6.07) is 14.8. The van der Waals surface area contributed by atoms with Gasteiger partial charge in [-0.25, -0.2) is 4.79 Å². The van der Waals surface area contributed by atoms with Crippen LogP contribution in [0.4, 0.5) is 4.79 Å². The van der Waals surface area contributed by atoms with Crippen LogP contribution in [-0.4, -0.2) is 53.2 Å². The fourth-order valence-electron chi connectivity index (χ4n) is 5.17. The van der Waals surface area contributed by atoms with E-state index >= 15 is 0 Å². The van der Waals surface area contributed by atoms with Crippen LogP contribution in [0.2, 0.25) is 0 Å². The first-order chi connectivity index (χ1) is 16.9. The van der Waals surface area contributed by atoms with Gasteiger partial charge in [-0.2, -0.15) is 0 Å². The van der Waals surface area contributed by atoms with E-state index in [0.29, 0.717) is 19.4 Å². The first-order valence-corrected chi connectivity index (χ1v) is 12.0. The zero-order chi connectivity index (χ0) is 24.9. The van der Waals surface area contributed by atoms with Crippen molar-refractivity contribution >= 4 is 18.0 Å². The van der Waals surface area contributed by atoms with Gasteiger partial charge in [0.15, 0.2) is 0 Å². The molecule has 1 aliphatic carbocycles. The van der Waals surface area contributed by atoms with Crippen LogP contribution in [0.25, 0.3) is 11.1 Å². The number of hydrogen-bond acceptors (Lipinski definition) is 4. The molecular weight excluding hydrogens is 444 g/mol. The third-order valence-electron chi connectivity index (χ3n) is 7.01. The molecule has 3 atom stereocenters. The summed E-state index contributed by atoms with van der Waals surface area (Å²) in [5.74, 6) is 3.66. The molecule has 1 saturated heterocycles. The van der Waals surface area contributed by atoms with Crippen LogP contribution in [0.5, 0.6) is 0 Å². The van der Waals surface area contributed by atoms with Gasteiger partial charge in [-0.05, 0) is 48.9 Å². The normalized spacial score (nSPS) is 19.5. The standard InChI is InChI=1S/C28H30N2O5/c1-3-4-15-25(26(31)30-16-9-14-19(18(30)2)27(32)33)29-28(34)35-17-24-22-12-7-5-10-20(22)21-11-6-8-13-23(21)24/h5-8,10-13,18-19,24-25H,9,14-17H2,1-2H3,(H,29,34)(H,32,33)/t18-,19-,25?/m1/s1. The number of rotatable bonds is 6. The Bertz CT molecular complexity index is 1140. The Balaban J connectivity index is 1.44. The molecule has 2 aromatic rings. The lowest BCUT2D eigenvalue weighted by molar-refractivity contribution is -0.149. The second-order valence-electron chi connectivity index (χ2n) is 9.01. The smallest absolute Gasteiger partial charge is 0.407 e. The number of hydrogen-bond donors (Lipinski definition) is 2. The number of carboxylic acids is 1. The minimum absolute atomic E-state index is 0.0869. The number of carboxylic acid groups (broad SMARTS) is 1. The average molecular weight is 475 g/mol. The zero-order valence-corrected chi connectivity index (χ0v) is 20.0. The quantitative estimate of drug-likeness (QED) is 0.617. The van der Waals surface area contributed by atoms with Gasteiger partial charge in [0.1, 0.15) is 12.6 Å². The highest BCUT2D eigenvalue weighted by atomic mass is 16.5. The summed E-state index contributed by atoms with van der Waals surface area (Å²) < 4.78 is 5.61. The van der Waals surface area contributed by atoms with E-state index in [1.165, 1.54) is 0 Å². The number of nitrogens with one attached hydrogen (secondary N) is 1. The van der Waals surface area contributed by atoms with Crippen molar-refractivity contribution in [3.05, 3.63) is 59.7 Å². The van der Waals surface area contributed by atoms with Crippen molar-refractivity contribution in [1.82, 2.24) is 10.2 Å². The Kier molecular flexibility index (Phi) is 7.40. The van der Waals surface area contributed by atoms with Crippen LogP contribution in [0.1, 0.15) is 50.2 Å². The van der Waals surface area contributed by atoms with Gasteiger partial charge in [0.25, 0.3) is 0 Å². The maximum absolute atomic E-state index is 13.3. The van der Waals surface area contributed by atoms with Crippen molar-refractivity contribution in [2.75, 3.05) is 13.2 Å². The summed E-state index contributed by atoms with van der Waals surface area (Å²) >= 11 is 0. The molecule has 2 amide bonds. The molecule has 182 valence electrons. The van der Waals surface area contributed by atoms with E-state index in [0.717, 1.165) is 22.3 Å². The van der Waals surface area contributed by atoms with Crippen LogP contribution < -0.4 is 5.32 Å². The largest absolute Gasteiger partial charge is 0.481 e. The lowest BCUT2D eigenvalue weighted by Crippen LogP contribution is -2.55. The zero-order valence-electron chi connectivity index (χ0n) is 20.0. The van der Waals surface area contributed by atoms with E-state index in [1.807, 2.05) is 36.4 Å².